The zero-order chi connectivity index (χ0) is 18.8. The first-order chi connectivity index (χ1) is 12.4. The number of hydrogen-bond donors (Lipinski definition) is 0. The van der Waals surface area contributed by atoms with Gasteiger partial charge in [-0.2, -0.15) is 0 Å². The Hall–Kier alpha value is -1.66. The molecule has 4 aliphatic rings. The van der Waals surface area contributed by atoms with Crippen molar-refractivity contribution in [2.75, 3.05) is 14.2 Å². The average Bonchev–Trinajstić information content (AvgIpc) is 2.63. The largest absolute Gasteiger partial charge is 0.465 e. The zero-order valence-corrected chi connectivity index (χ0v) is 17.7. The fourth-order valence-corrected chi connectivity index (χ4v) is 4.72. The van der Waals surface area contributed by atoms with E-state index in [-0.39, 0.29) is 11.9 Å². The van der Waals surface area contributed by atoms with E-state index in [1.807, 2.05) is 12.1 Å². The smallest absolute Gasteiger partial charge is 0.338 e. The molecule has 0 heterocycles. The standard InChI is InChI=1S/C20H18Br2O4/c1-25-19(23)15-7-11-3-4-12-8-16(20(24)26-2)14(18(22)10-12)6-5-13(15)17(21)9-11/h7-10H,3-6H2,1-2H3. The molecule has 0 aromatic heterocycles. The maximum Gasteiger partial charge on any atom is 0.338 e. The summed E-state index contributed by atoms with van der Waals surface area (Å²) < 4.78 is 11.7. The molecule has 6 rings (SSSR count). The van der Waals surface area contributed by atoms with Crippen molar-refractivity contribution in [2.24, 2.45) is 0 Å². The summed E-state index contributed by atoms with van der Waals surface area (Å²) >= 11 is 7.21. The zero-order valence-electron chi connectivity index (χ0n) is 14.5. The van der Waals surface area contributed by atoms with Crippen LogP contribution in [0.25, 0.3) is 0 Å². The first-order valence-electron chi connectivity index (χ1n) is 8.23. The minimum atomic E-state index is -0.347. The number of rotatable bonds is 2. The highest BCUT2D eigenvalue weighted by molar-refractivity contribution is 9.10. The summed E-state index contributed by atoms with van der Waals surface area (Å²) in [4.78, 5) is 24.5. The number of methoxy groups -OCH3 is 2. The quantitative estimate of drug-likeness (QED) is 0.585. The molecule has 0 fully saturated rings. The number of carbonyl (C=O) groups is 2. The van der Waals surface area contributed by atoms with Gasteiger partial charge in [0.1, 0.15) is 0 Å². The molecule has 2 aromatic rings. The molecule has 4 bridgehead atoms. The highest BCUT2D eigenvalue weighted by Crippen LogP contribution is 2.31. The van der Waals surface area contributed by atoms with Crippen molar-refractivity contribution in [2.45, 2.75) is 25.7 Å². The number of aryl methyl sites for hydroxylation is 2. The van der Waals surface area contributed by atoms with Gasteiger partial charge in [0.2, 0.25) is 0 Å². The molecule has 0 atom stereocenters. The van der Waals surface area contributed by atoms with Crippen LogP contribution in [0.4, 0.5) is 0 Å². The molecule has 4 nitrogen and oxygen atoms in total. The molecule has 136 valence electrons. The van der Waals surface area contributed by atoms with Crippen LogP contribution in [-0.4, -0.2) is 26.2 Å². The van der Waals surface area contributed by atoms with Crippen LogP contribution in [0.2, 0.25) is 0 Å². The Kier molecular flexibility index (Phi) is 5.82. The summed E-state index contributed by atoms with van der Waals surface area (Å²) in [5, 5.41) is 0. The lowest BCUT2D eigenvalue weighted by Gasteiger charge is -2.18. The lowest BCUT2D eigenvalue weighted by atomic mass is 9.91. The van der Waals surface area contributed by atoms with Crippen LogP contribution >= 0.6 is 31.9 Å². The van der Waals surface area contributed by atoms with Crippen molar-refractivity contribution in [1.82, 2.24) is 0 Å². The maximum atomic E-state index is 12.3. The van der Waals surface area contributed by atoms with Gasteiger partial charge in [0.15, 0.2) is 0 Å². The predicted molar refractivity (Wildman–Crippen MR) is 106 cm³/mol. The van der Waals surface area contributed by atoms with Gasteiger partial charge < -0.3 is 9.47 Å². The number of ether oxygens (including phenoxy) is 2. The summed E-state index contributed by atoms with van der Waals surface area (Å²) in [7, 11) is 2.78. The SMILES string of the molecule is COC(=O)c1cc2cc(Br)c1CCc1c(Br)cc(cc1C(=O)OC)CC2. The lowest BCUT2D eigenvalue weighted by Crippen LogP contribution is -2.13. The fraction of sp³-hybridized carbons (Fsp3) is 0.300. The van der Waals surface area contributed by atoms with E-state index < -0.39 is 0 Å². The molecule has 0 radical (unpaired) electrons. The van der Waals surface area contributed by atoms with Crippen molar-refractivity contribution >= 4 is 43.8 Å². The molecule has 0 spiro atoms. The third kappa shape index (κ3) is 3.71. The van der Waals surface area contributed by atoms with Crippen LogP contribution in [0, 0.1) is 0 Å². The molecule has 0 saturated carbocycles. The van der Waals surface area contributed by atoms with Crippen LogP contribution in [0.15, 0.2) is 33.2 Å². The average molecular weight is 482 g/mol. The molecular weight excluding hydrogens is 464 g/mol. The van der Waals surface area contributed by atoms with Crippen LogP contribution in [0.3, 0.4) is 0 Å². The Labute approximate surface area is 169 Å². The van der Waals surface area contributed by atoms with E-state index in [0.29, 0.717) is 24.0 Å². The van der Waals surface area contributed by atoms with Gasteiger partial charge in [0.25, 0.3) is 0 Å². The molecule has 2 aromatic carbocycles. The molecule has 6 heteroatoms. The highest BCUT2D eigenvalue weighted by Gasteiger charge is 2.21. The van der Waals surface area contributed by atoms with E-state index >= 15 is 0 Å². The van der Waals surface area contributed by atoms with Crippen LogP contribution in [0.5, 0.6) is 0 Å². The predicted octanol–water partition coefficient (Wildman–Crippen LogP) is 4.67. The van der Waals surface area contributed by atoms with Crippen molar-refractivity contribution in [3.8, 4) is 0 Å². The van der Waals surface area contributed by atoms with Crippen molar-refractivity contribution in [3.63, 3.8) is 0 Å². The molecule has 0 N–H and O–H groups in total. The van der Waals surface area contributed by atoms with Crippen LogP contribution in [0.1, 0.15) is 43.0 Å². The summed E-state index contributed by atoms with van der Waals surface area (Å²) in [6.07, 6.45) is 2.67. The van der Waals surface area contributed by atoms with Crippen molar-refractivity contribution in [3.05, 3.63) is 66.6 Å². The highest BCUT2D eigenvalue weighted by atomic mass is 79.9. The van der Waals surface area contributed by atoms with Gasteiger partial charge in [-0.05, 0) is 72.2 Å². The van der Waals surface area contributed by atoms with E-state index in [4.69, 9.17) is 9.47 Å². The van der Waals surface area contributed by atoms with Gasteiger partial charge in [-0.25, -0.2) is 9.59 Å². The summed E-state index contributed by atoms with van der Waals surface area (Å²) in [6, 6.07) is 7.95. The second-order valence-corrected chi connectivity index (χ2v) is 7.90. The monoisotopic (exact) mass is 480 g/mol. The van der Waals surface area contributed by atoms with Gasteiger partial charge in [0, 0.05) is 8.95 Å². The number of esters is 2. The normalized spacial score (nSPS) is 13.1. The number of halogens is 2. The lowest BCUT2D eigenvalue weighted by molar-refractivity contribution is 0.0589. The third-order valence-corrected chi connectivity index (χ3v) is 6.06. The van der Waals surface area contributed by atoms with E-state index in [2.05, 4.69) is 44.0 Å². The number of carbonyl (C=O) groups excluding carboxylic acids is 2. The van der Waals surface area contributed by atoms with E-state index in [0.717, 1.165) is 44.0 Å². The first kappa shape index (κ1) is 19.1. The van der Waals surface area contributed by atoms with Crippen molar-refractivity contribution < 1.29 is 19.1 Å². The Balaban J connectivity index is 2.15. The molecule has 26 heavy (non-hydrogen) atoms. The van der Waals surface area contributed by atoms with Crippen LogP contribution in [-0.2, 0) is 35.2 Å². The van der Waals surface area contributed by atoms with Crippen LogP contribution < -0.4 is 0 Å². The molecule has 0 amide bonds. The Bertz CT molecular complexity index is 816. The fourth-order valence-electron chi connectivity index (χ4n) is 3.31. The minimum absolute atomic E-state index is 0.347. The Morgan fingerprint density at radius 1 is 0.731 bits per heavy atom. The van der Waals surface area contributed by atoms with Gasteiger partial charge in [-0.3, -0.25) is 0 Å². The molecule has 4 aliphatic carbocycles. The minimum Gasteiger partial charge on any atom is -0.465 e. The number of benzene rings is 2. The maximum absolute atomic E-state index is 12.3. The molecule has 0 saturated heterocycles. The van der Waals surface area contributed by atoms with E-state index in [1.165, 1.54) is 14.2 Å². The Morgan fingerprint density at radius 3 is 1.46 bits per heavy atom. The molecular formula is C20H18Br2O4. The topological polar surface area (TPSA) is 52.6 Å². The van der Waals surface area contributed by atoms with E-state index in [9.17, 15) is 9.59 Å². The molecule has 0 unspecified atom stereocenters. The van der Waals surface area contributed by atoms with E-state index in [1.54, 1.807) is 0 Å². The molecule has 0 aliphatic heterocycles. The summed E-state index contributed by atoms with van der Waals surface area (Å²) in [6.45, 7) is 0. The van der Waals surface area contributed by atoms with Gasteiger partial charge in [-0.15, -0.1) is 0 Å². The summed E-state index contributed by atoms with van der Waals surface area (Å²) in [5.41, 5.74) is 4.99. The Morgan fingerprint density at radius 2 is 1.12 bits per heavy atom. The van der Waals surface area contributed by atoms with Gasteiger partial charge in [-0.1, -0.05) is 31.9 Å². The number of hydrogen-bond acceptors (Lipinski definition) is 4. The first-order valence-corrected chi connectivity index (χ1v) is 9.82. The van der Waals surface area contributed by atoms with Gasteiger partial charge >= 0.3 is 11.9 Å². The van der Waals surface area contributed by atoms with Crippen molar-refractivity contribution in [1.29, 1.82) is 0 Å². The second-order valence-electron chi connectivity index (χ2n) is 6.19. The third-order valence-electron chi connectivity index (χ3n) is 4.65. The van der Waals surface area contributed by atoms with Gasteiger partial charge in [0.05, 0.1) is 25.3 Å². The second kappa shape index (κ2) is 7.92. The summed E-state index contributed by atoms with van der Waals surface area (Å²) in [5.74, 6) is -0.693.